The molecular weight excluding hydrogens is 659 g/mol. The molecule has 3 heterocycles. The van der Waals surface area contributed by atoms with Gasteiger partial charge in [-0.2, -0.15) is 9.57 Å². The van der Waals surface area contributed by atoms with Gasteiger partial charge in [0.05, 0.1) is 31.4 Å². The third kappa shape index (κ3) is 6.56. The summed E-state index contributed by atoms with van der Waals surface area (Å²) in [6.07, 6.45) is 0.901. The Balaban J connectivity index is 1.21. The number of piperazine rings is 1. The van der Waals surface area contributed by atoms with Crippen LogP contribution in [-0.2, 0) is 21.4 Å². The number of sulfonamides is 1. The lowest BCUT2D eigenvalue weighted by molar-refractivity contribution is -0.136. The summed E-state index contributed by atoms with van der Waals surface area (Å²) in [6, 6.07) is 18.3. The molecule has 3 aromatic carbocycles. The molecular formula is C37H39N5O7S. The Hall–Kier alpha value is -5.19. The SMILES string of the molecule is COc1ccc(S(=O)(=O)N2CCCC2C(=O)N2CCN(C(=O)c3ccc(C#N)cc3)CC2)c(OC)c1COc1cccc2c(C)cc(C)nc12. The number of benzene rings is 3. The first-order chi connectivity index (χ1) is 24.1. The van der Waals surface area contributed by atoms with Gasteiger partial charge in [-0.1, -0.05) is 12.1 Å². The molecule has 13 heteroatoms. The molecule has 1 atom stereocenters. The van der Waals surface area contributed by atoms with E-state index in [9.17, 15) is 18.0 Å². The Morgan fingerprint density at radius 3 is 2.32 bits per heavy atom. The van der Waals surface area contributed by atoms with Gasteiger partial charge in [0.2, 0.25) is 15.9 Å². The van der Waals surface area contributed by atoms with Crippen LogP contribution in [0.15, 0.2) is 65.6 Å². The second-order valence-corrected chi connectivity index (χ2v) is 14.2. The number of pyridine rings is 1. The molecule has 0 radical (unpaired) electrons. The number of ether oxygens (including phenoxy) is 3. The summed E-state index contributed by atoms with van der Waals surface area (Å²) in [4.78, 5) is 34.8. The smallest absolute Gasteiger partial charge is 0.253 e. The van der Waals surface area contributed by atoms with Gasteiger partial charge in [0.25, 0.3) is 5.91 Å². The van der Waals surface area contributed by atoms with E-state index >= 15 is 0 Å². The Bertz CT molecular complexity index is 2090. The van der Waals surface area contributed by atoms with Crippen LogP contribution in [-0.4, -0.2) is 92.3 Å². The maximum absolute atomic E-state index is 14.3. The molecule has 2 saturated heterocycles. The standard InChI is InChI=1S/C37H39N5O7S/c1-24-21-25(2)39-34-28(24)7-5-9-32(34)49-23-29-31(47-3)14-15-33(35(29)48-4)50(45,46)42-16-6-8-30(42)37(44)41-19-17-40(18-20-41)36(43)27-12-10-26(22-38)11-13-27/h5,7,9-15,21,30H,6,8,16-20,23H2,1-4H3. The molecule has 12 nitrogen and oxygen atoms in total. The van der Waals surface area contributed by atoms with E-state index in [1.807, 2.05) is 44.2 Å². The van der Waals surface area contributed by atoms with Gasteiger partial charge in [0, 0.05) is 49.4 Å². The molecule has 0 spiro atoms. The lowest BCUT2D eigenvalue weighted by atomic mass is 10.1. The van der Waals surface area contributed by atoms with Crippen molar-refractivity contribution in [1.82, 2.24) is 19.1 Å². The molecule has 6 rings (SSSR count). The van der Waals surface area contributed by atoms with Gasteiger partial charge < -0.3 is 24.0 Å². The number of methoxy groups -OCH3 is 2. The number of hydrogen-bond acceptors (Lipinski definition) is 9. The van der Waals surface area contributed by atoms with E-state index < -0.39 is 16.1 Å². The van der Waals surface area contributed by atoms with Crippen LogP contribution in [0, 0.1) is 25.2 Å². The van der Waals surface area contributed by atoms with E-state index in [-0.39, 0.29) is 48.7 Å². The zero-order valence-electron chi connectivity index (χ0n) is 28.5. The quantitative estimate of drug-likeness (QED) is 0.248. The number of nitriles is 1. The molecule has 1 unspecified atom stereocenters. The van der Waals surface area contributed by atoms with Crippen LogP contribution in [0.4, 0.5) is 0 Å². The highest BCUT2D eigenvalue weighted by Gasteiger charge is 2.43. The van der Waals surface area contributed by atoms with Gasteiger partial charge >= 0.3 is 0 Å². The second kappa shape index (κ2) is 14.3. The molecule has 2 aliphatic heterocycles. The van der Waals surface area contributed by atoms with Crippen molar-refractivity contribution in [3.8, 4) is 23.3 Å². The highest BCUT2D eigenvalue weighted by Crippen LogP contribution is 2.39. The predicted molar refractivity (Wildman–Crippen MR) is 186 cm³/mol. The number of hydrogen-bond donors (Lipinski definition) is 0. The molecule has 0 N–H and O–H groups in total. The second-order valence-electron chi connectivity index (χ2n) is 12.4. The molecule has 2 amide bonds. The van der Waals surface area contributed by atoms with E-state index in [1.54, 1.807) is 40.1 Å². The average Bonchev–Trinajstić information content (AvgIpc) is 3.64. The first-order valence-electron chi connectivity index (χ1n) is 16.4. The Kier molecular flexibility index (Phi) is 9.95. The number of carbonyl (C=O) groups is 2. The van der Waals surface area contributed by atoms with E-state index in [2.05, 4.69) is 4.98 Å². The molecule has 4 aromatic rings. The molecule has 2 fully saturated rings. The Morgan fingerprint density at radius 2 is 1.64 bits per heavy atom. The fourth-order valence-electron chi connectivity index (χ4n) is 6.78. The molecule has 0 saturated carbocycles. The summed E-state index contributed by atoms with van der Waals surface area (Å²) in [5.41, 5.74) is 3.95. The molecule has 1 aromatic heterocycles. The molecule has 0 aliphatic carbocycles. The maximum Gasteiger partial charge on any atom is 0.253 e. The number of aromatic nitrogens is 1. The minimum atomic E-state index is -4.21. The summed E-state index contributed by atoms with van der Waals surface area (Å²) < 4.78 is 47.6. The molecule has 50 heavy (non-hydrogen) atoms. The minimum Gasteiger partial charge on any atom is -0.496 e. The highest BCUT2D eigenvalue weighted by atomic mass is 32.2. The van der Waals surface area contributed by atoms with Crippen LogP contribution in [0.2, 0.25) is 0 Å². The zero-order chi connectivity index (χ0) is 35.6. The van der Waals surface area contributed by atoms with Crippen LogP contribution in [0.25, 0.3) is 10.9 Å². The maximum atomic E-state index is 14.3. The zero-order valence-corrected chi connectivity index (χ0v) is 29.3. The van der Waals surface area contributed by atoms with Crippen molar-refractivity contribution in [3.63, 3.8) is 0 Å². The van der Waals surface area contributed by atoms with Crippen LogP contribution in [0.3, 0.4) is 0 Å². The van der Waals surface area contributed by atoms with Gasteiger partial charge in [0.15, 0.2) is 0 Å². The molecule has 2 aliphatic rings. The van der Waals surface area contributed by atoms with Gasteiger partial charge in [-0.15, -0.1) is 0 Å². The summed E-state index contributed by atoms with van der Waals surface area (Å²) in [6.45, 7) is 5.23. The van der Waals surface area contributed by atoms with Crippen molar-refractivity contribution in [2.45, 2.75) is 44.2 Å². The monoisotopic (exact) mass is 697 g/mol. The average molecular weight is 698 g/mol. The number of carbonyl (C=O) groups excluding carboxylic acids is 2. The number of nitrogens with zero attached hydrogens (tertiary/aromatic N) is 5. The number of fused-ring (bicyclic) bond motifs is 1. The normalized spacial score (nSPS) is 16.7. The van der Waals surface area contributed by atoms with Crippen LogP contribution >= 0.6 is 0 Å². The Labute approximate surface area is 291 Å². The van der Waals surface area contributed by atoms with Gasteiger partial charge in [-0.05, 0) is 80.8 Å². The number of para-hydroxylation sites is 1. The van der Waals surface area contributed by atoms with Gasteiger partial charge in [-0.25, -0.2) is 13.4 Å². The number of rotatable bonds is 9. The van der Waals surface area contributed by atoms with Gasteiger partial charge in [-0.3, -0.25) is 9.59 Å². The summed E-state index contributed by atoms with van der Waals surface area (Å²) >= 11 is 0. The van der Waals surface area contributed by atoms with Crippen LogP contribution < -0.4 is 14.2 Å². The predicted octanol–water partition coefficient (Wildman–Crippen LogP) is 4.46. The van der Waals surface area contributed by atoms with E-state index in [0.717, 1.165) is 16.6 Å². The molecule has 260 valence electrons. The van der Waals surface area contributed by atoms with Crippen molar-refractivity contribution >= 4 is 32.7 Å². The fraction of sp³-hybridized carbons (Fsp3) is 0.351. The lowest BCUT2D eigenvalue weighted by Gasteiger charge is -2.37. The third-order valence-corrected chi connectivity index (χ3v) is 11.3. The summed E-state index contributed by atoms with van der Waals surface area (Å²) in [7, 11) is -1.32. The third-order valence-electron chi connectivity index (χ3n) is 9.33. The minimum absolute atomic E-state index is 0.0582. The van der Waals surface area contributed by atoms with Gasteiger partial charge in [0.1, 0.15) is 40.3 Å². The summed E-state index contributed by atoms with van der Waals surface area (Å²) in [5, 5.41) is 9.99. The van der Waals surface area contributed by atoms with Crippen LogP contribution in [0.5, 0.6) is 17.2 Å². The number of aryl methyl sites for hydroxylation is 2. The van der Waals surface area contributed by atoms with Crippen molar-refractivity contribution in [2.75, 3.05) is 46.9 Å². The van der Waals surface area contributed by atoms with Crippen molar-refractivity contribution in [1.29, 1.82) is 5.26 Å². The van der Waals surface area contributed by atoms with Crippen LogP contribution in [0.1, 0.15) is 45.6 Å². The van der Waals surface area contributed by atoms with Crippen molar-refractivity contribution < 1.29 is 32.2 Å². The van der Waals surface area contributed by atoms with Crippen molar-refractivity contribution in [2.24, 2.45) is 0 Å². The van der Waals surface area contributed by atoms with E-state index in [1.165, 1.54) is 24.6 Å². The first kappa shape index (κ1) is 34.7. The van der Waals surface area contributed by atoms with E-state index in [4.69, 9.17) is 19.5 Å². The summed E-state index contributed by atoms with van der Waals surface area (Å²) in [5.74, 6) is 0.541. The van der Waals surface area contributed by atoms with Crippen molar-refractivity contribution in [3.05, 3.63) is 88.6 Å². The lowest BCUT2D eigenvalue weighted by Crippen LogP contribution is -2.55. The Morgan fingerprint density at radius 1 is 0.920 bits per heavy atom. The fourth-order valence-corrected chi connectivity index (χ4v) is 8.61. The van der Waals surface area contributed by atoms with E-state index in [0.29, 0.717) is 59.6 Å². The number of amides is 2. The largest absolute Gasteiger partial charge is 0.496 e. The topological polar surface area (TPSA) is 142 Å². The highest BCUT2D eigenvalue weighted by molar-refractivity contribution is 7.89. The first-order valence-corrected chi connectivity index (χ1v) is 17.8. The molecule has 0 bridgehead atoms.